The molecule has 0 fully saturated rings. The predicted molar refractivity (Wildman–Crippen MR) is 164 cm³/mol. The second kappa shape index (κ2) is 49.7. The van der Waals surface area contributed by atoms with Crippen molar-refractivity contribution in [3.8, 4) is 23.0 Å². The molecule has 3 aromatic carbocycles. The fraction of sp³-hybridized carbons (Fsp3) is 0.300. The molecule has 3 aromatic rings. The maximum Gasteiger partial charge on any atom is 0.336 e. The van der Waals surface area contributed by atoms with Gasteiger partial charge in [-0.1, -0.05) is 52.0 Å². The van der Waals surface area contributed by atoms with Gasteiger partial charge in [0.15, 0.2) is 18.3 Å². The number of phenolic OH excluding ortho intramolecular Hbond substituents is 1. The van der Waals surface area contributed by atoms with Crippen LogP contribution in [0.4, 0.5) is 27.1 Å². The molecular formula is C30H44F6O10. The Morgan fingerprint density at radius 3 is 1.15 bits per heavy atom. The fourth-order valence-corrected chi connectivity index (χ4v) is 2.22. The van der Waals surface area contributed by atoms with Crippen molar-refractivity contribution in [3.63, 3.8) is 0 Å². The van der Waals surface area contributed by atoms with E-state index in [0.717, 1.165) is 11.5 Å². The zero-order valence-corrected chi connectivity index (χ0v) is 26.8. The maximum absolute atomic E-state index is 10.5. The molecule has 0 amide bonds. The largest absolute Gasteiger partial charge is 0.504 e. The molecule has 0 heterocycles. The van der Waals surface area contributed by atoms with Crippen molar-refractivity contribution in [3.05, 3.63) is 83.9 Å². The van der Waals surface area contributed by atoms with Gasteiger partial charge in [-0.05, 0) is 48.5 Å². The normalized spacial score (nSPS) is 7.28. The van der Waals surface area contributed by atoms with Crippen molar-refractivity contribution < 1.29 is 76.1 Å². The minimum atomic E-state index is -1.23. The smallest absolute Gasteiger partial charge is 0.336 e. The van der Waals surface area contributed by atoms with E-state index in [0.29, 0.717) is 20.1 Å². The van der Waals surface area contributed by atoms with Crippen molar-refractivity contribution >= 4 is 18.7 Å². The number of aromatic hydroxyl groups is 1. The lowest BCUT2D eigenvalue weighted by molar-refractivity contribution is -0.0980. The van der Waals surface area contributed by atoms with Gasteiger partial charge in [-0.25, -0.2) is 9.59 Å². The SMILES string of the molecule is C=O.CC.CC.CF.CF.COc1ccc(OC)cc1.FF.FF.O=C(O)c1ccccc1C(=O)O.OCOc1ccccc1O. The molecule has 0 radical (unpaired) electrons. The lowest BCUT2D eigenvalue weighted by Crippen LogP contribution is -2.06. The van der Waals surface area contributed by atoms with E-state index in [1.807, 2.05) is 58.7 Å². The molecule has 0 aromatic heterocycles. The summed E-state index contributed by atoms with van der Waals surface area (Å²) in [5.41, 5.74) is -0.380. The van der Waals surface area contributed by atoms with Crippen LogP contribution in [-0.4, -0.2) is 74.5 Å². The third-order valence-electron chi connectivity index (χ3n) is 3.77. The molecular weight excluding hydrogens is 634 g/mol. The first-order valence-electron chi connectivity index (χ1n) is 12.4. The van der Waals surface area contributed by atoms with Gasteiger partial charge in [0, 0.05) is 18.3 Å². The predicted octanol–water partition coefficient (Wildman–Crippen LogP) is 8.23. The standard InChI is InChI=1S/C8H6O4.C8H10O2.C7H8O3.2C2H6.2CH3F.CH2O.2F2/c9-7(10)5-3-1-2-4-6(5)8(11)12;1-9-7-3-5-8(10-2)6-4-7;8-5-10-7-4-2-1-3-6(7)9;7*1-2/h1-4H,(H,9,10)(H,11,12);3-6H,1-2H3;1-4,8-9H,5H2;2*1-2H3;2*1H3;1H2;;. The summed E-state index contributed by atoms with van der Waals surface area (Å²) >= 11 is 0. The van der Waals surface area contributed by atoms with E-state index < -0.39 is 18.7 Å². The average Bonchev–Trinajstić information content (AvgIpc) is 3.15. The molecule has 0 aliphatic heterocycles. The Labute approximate surface area is 265 Å². The molecule has 0 unspecified atom stereocenters. The Morgan fingerprint density at radius 1 is 0.630 bits per heavy atom. The van der Waals surface area contributed by atoms with E-state index in [-0.39, 0.29) is 16.9 Å². The Morgan fingerprint density at radius 2 is 0.913 bits per heavy atom. The Hall–Kier alpha value is -4.99. The van der Waals surface area contributed by atoms with E-state index in [4.69, 9.17) is 53.0 Å². The van der Waals surface area contributed by atoms with Crippen LogP contribution in [0.25, 0.3) is 0 Å². The number of carboxylic acids is 2. The third-order valence-corrected chi connectivity index (χ3v) is 3.77. The van der Waals surface area contributed by atoms with Crippen molar-refractivity contribution in [2.24, 2.45) is 0 Å². The molecule has 0 bridgehead atoms. The van der Waals surface area contributed by atoms with Crippen LogP contribution in [0.1, 0.15) is 48.4 Å². The van der Waals surface area contributed by atoms with Crippen LogP contribution in [0, 0.1) is 0 Å². The number of hydrogen-bond acceptors (Lipinski definition) is 8. The first-order chi connectivity index (χ1) is 22.3. The highest BCUT2D eigenvalue weighted by molar-refractivity contribution is 6.01. The average molecular weight is 679 g/mol. The van der Waals surface area contributed by atoms with Crippen molar-refractivity contribution in [2.75, 3.05) is 35.4 Å². The zero-order chi connectivity index (χ0) is 37.9. The molecule has 0 saturated heterocycles. The van der Waals surface area contributed by atoms with Gasteiger partial charge in [-0.15, -0.1) is 0 Å². The minimum Gasteiger partial charge on any atom is -0.504 e. The van der Waals surface area contributed by atoms with Gasteiger partial charge in [-0.2, -0.15) is 0 Å². The number of alkyl halides is 2. The number of carbonyl (C=O) groups is 3. The summed E-state index contributed by atoms with van der Waals surface area (Å²) in [6.07, 6.45) is 0. The van der Waals surface area contributed by atoms with Gasteiger partial charge in [0.2, 0.25) is 0 Å². The van der Waals surface area contributed by atoms with Gasteiger partial charge < -0.3 is 39.4 Å². The van der Waals surface area contributed by atoms with E-state index in [9.17, 15) is 18.4 Å². The summed E-state index contributed by atoms with van der Waals surface area (Å²) in [5.74, 6) is -0.427. The van der Waals surface area contributed by atoms with Crippen LogP contribution in [0.2, 0.25) is 0 Å². The molecule has 0 atom stereocenters. The van der Waals surface area contributed by atoms with Gasteiger partial charge in [-0.3, -0.25) is 8.78 Å². The van der Waals surface area contributed by atoms with E-state index in [2.05, 4.69) is 4.74 Å². The fourth-order valence-electron chi connectivity index (χ4n) is 2.22. The molecule has 16 heteroatoms. The molecule has 46 heavy (non-hydrogen) atoms. The molecule has 4 N–H and O–H groups in total. The molecule has 0 aliphatic carbocycles. The monoisotopic (exact) mass is 678 g/mol. The van der Waals surface area contributed by atoms with Crippen molar-refractivity contribution in [2.45, 2.75) is 27.7 Å². The van der Waals surface area contributed by atoms with Crippen LogP contribution in [0.15, 0.2) is 72.8 Å². The molecule has 0 spiro atoms. The summed E-state index contributed by atoms with van der Waals surface area (Å²) in [6.45, 7) is 9.58. The number of halogens is 6. The highest BCUT2D eigenvalue weighted by atomic mass is 20.0. The number of aromatic carboxylic acids is 2. The number of rotatable bonds is 6. The number of aliphatic hydroxyl groups is 1. The number of benzene rings is 3. The van der Waals surface area contributed by atoms with Crippen LogP contribution in [0.3, 0.4) is 0 Å². The van der Waals surface area contributed by atoms with Gasteiger partial charge >= 0.3 is 11.9 Å². The lowest BCUT2D eigenvalue weighted by atomic mass is 10.1. The van der Waals surface area contributed by atoms with E-state index in [1.165, 1.54) is 30.3 Å². The number of aliphatic hydroxyl groups excluding tert-OH is 1. The number of methoxy groups -OCH3 is 2. The highest BCUT2D eigenvalue weighted by Gasteiger charge is 2.13. The van der Waals surface area contributed by atoms with Crippen molar-refractivity contribution in [1.29, 1.82) is 0 Å². The first kappa shape index (κ1) is 56.8. The number of carboxylic acid groups (broad SMARTS) is 2. The van der Waals surface area contributed by atoms with Crippen LogP contribution >= 0.6 is 0 Å². The summed E-state index contributed by atoms with van der Waals surface area (Å²) in [6, 6.07) is 19.4. The molecule has 10 nitrogen and oxygen atoms in total. The third kappa shape index (κ3) is 31.9. The van der Waals surface area contributed by atoms with Gasteiger partial charge in [0.1, 0.15) is 18.3 Å². The summed E-state index contributed by atoms with van der Waals surface area (Å²) in [4.78, 5) is 28.9. The summed E-state index contributed by atoms with van der Waals surface area (Å²) in [5, 5.41) is 34.4. The second-order valence-corrected chi connectivity index (χ2v) is 5.78. The summed E-state index contributed by atoms with van der Waals surface area (Å²) < 4.78 is 65.6. The maximum atomic E-state index is 10.5. The Balaban J connectivity index is -0.0000000833. The molecule has 3 rings (SSSR count). The number of para-hydroxylation sites is 2. The van der Waals surface area contributed by atoms with E-state index >= 15 is 0 Å². The molecule has 0 saturated carbocycles. The molecule has 266 valence electrons. The quantitative estimate of drug-likeness (QED) is 0.148. The van der Waals surface area contributed by atoms with Crippen LogP contribution in [-0.2, 0) is 4.79 Å². The topological polar surface area (TPSA) is 160 Å². The lowest BCUT2D eigenvalue weighted by Gasteiger charge is -2.02. The molecule has 0 aliphatic rings. The van der Waals surface area contributed by atoms with Gasteiger partial charge in [0.25, 0.3) is 0 Å². The number of ether oxygens (including phenoxy) is 3. The zero-order valence-electron chi connectivity index (χ0n) is 26.8. The van der Waals surface area contributed by atoms with Crippen molar-refractivity contribution in [1.82, 2.24) is 0 Å². The number of phenols is 1. The van der Waals surface area contributed by atoms with Crippen LogP contribution < -0.4 is 14.2 Å². The minimum absolute atomic E-state index is 0.0385. The Bertz CT molecular complexity index is 975. The van der Waals surface area contributed by atoms with Gasteiger partial charge in [0.05, 0.1) is 39.7 Å². The second-order valence-electron chi connectivity index (χ2n) is 5.78. The number of carbonyl (C=O) groups excluding carboxylic acids is 1. The van der Waals surface area contributed by atoms with E-state index in [1.54, 1.807) is 32.4 Å². The first-order valence-corrected chi connectivity index (χ1v) is 12.4. The number of hydrogen-bond donors (Lipinski definition) is 4. The highest BCUT2D eigenvalue weighted by Crippen LogP contribution is 2.23. The Kier molecular flexibility index (Phi) is 61.3. The summed E-state index contributed by atoms with van der Waals surface area (Å²) in [7, 11) is 4.28. The van der Waals surface area contributed by atoms with Crippen LogP contribution in [0.5, 0.6) is 23.0 Å².